The molecular formula is C16H24N2O2. The second kappa shape index (κ2) is 7.41. The van der Waals surface area contributed by atoms with Crippen LogP contribution in [0.1, 0.15) is 24.8 Å². The highest BCUT2D eigenvalue weighted by molar-refractivity contribution is 5.73. The van der Waals surface area contributed by atoms with Gasteiger partial charge in [0.15, 0.2) is 0 Å². The van der Waals surface area contributed by atoms with Crippen molar-refractivity contribution in [2.75, 3.05) is 20.1 Å². The van der Waals surface area contributed by atoms with Gasteiger partial charge in [-0.05, 0) is 44.3 Å². The maximum Gasteiger partial charge on any atom is 0.320 e. The number of nitrogens with one attached hydrogen (secondary N) is 1. The van der Waals surface area contributed by atoms with Gasteiger partial charge >= 0.3 is 5.97 Å². The van der Waals surface area contributed by atoms with E-state index in [1.807, 2.05) is 6.07 Å². The molecule has 0 aromatic heterocycles. The van der Waals surface area contributed by atoms with Crippen LogP contribution in [0.15, 0.2) is 30.3 Å². The Morgan fingerprint density at radius 3 is 2.85 bits per heavy atom. The van der Waals surface area contributed by atoms with Crippen molar-refractivity contribution in [1.82, 2.24) is 10.2 Å². The first-order chi connectivity index (χ1) is 9.69. The number of aliphatic carboxylic acids is 1. The molecule has 0 saturated carbocycles. The topological polar surface area (TPSA) is 52.6 Å². The number of likely N-dealkylation sites (N-methyl/N-ethyl adjacent to an activating group) is 1. The van der Waals surface area contributed by atoms with Crippen molar-refractivity contribution in [2.45, 2.75) is 31.8 Å². The Kier molecular flexibility index (Phi) is 5.56. The van der Waals surface area contributed by atoms with E-state index in [1.165, 1.54) is 5.56 Å². The van der Waals surface area contributed by atoms with Crippen LogP contribution in [-0.2, 0) is 11.3 Å². The Bertz CT molecular complexity index is 422. The molecule has 2 atom stereocenters. The molecule has 0 radical (unpaired) electrons. The van der Waals surface area contributed by atoms with Crippen molar-refractivity contribution < 1.29 is 9.90 Å². The van der Waals surface area contributed by atoms with E-state index in [-0.39, 0.29) is 0 Å². The second-order valence-corrected chi connectivity index (χ2v) is 5.64. The van der Waals surface area contributed by atoms with Gasteiger partial charge in [-0.15, -0.1) is 0 Å². The molecule has 2 rings (SSSR count). The number of likely N-dealkylation sites (tertiary alicyclic amines) is 1. The first kappa shape index (κ1) is 15.0. The van der Waals surface area contributed by atoms with Gasteiger partial charge < -0.3 is 10.4 Å². The summed E-state index contributed by atoms with van der Waals surface area (Å²) in [6.07, 6.45) is 3.02. The lowest BCUT2D eigenvalue weighted by molar-refractivity contribution is -0.139. The van der Waals surface area contributed by atoms with Gasteiger partial charge in [-0.1, -0.05) is 30.3 Å². The quantitative estimate of drug-likeness (QED) is 0.834. The van der Waals surface area contributed by atoms with Crippen LogP contribution < -0.4 is 5.32 Å². The van der Waals surface area contributed by atoms with Crippen LogP contribution in [0.5, 0.6) is 0 Å². The fourth-order valence-corrected chi connectivity index (χ4v) is 3.00. The maximum absolute atomic E-state index is 11.1. The van der Waals surface area contributed by atoms with Crippen molar-refractivity contribution >= 4 is 5.97 Å². The molecule has 1 fully saturated rings. The SMILES string of the molecule is CNC(CC1CCCN(Cc2ccccc2)C1)C(=O)O. The van der Waals surface area contributed by atoms with Crippen LogP contribution >= 0.6 is 0 Å². The molecule has 0 aliphatic carbocycles. The Hall–Kier alpha value is -1.39. The van der Waals surface area contributed by atoms with Crippen LogP contribution in [0.25, 0.3) is 0 Å². The molecule has 4 nitrogen and oxygen atoms in total. The largest absolute Gasteiger partial charge is 0.480 e. The maximum atomic E-state index is 11.1. The minimum absolute atomic E-state index is 0.420. The van der Waals surface area contributed by atoms with Crippen LogP contribution in [-0.4, -0.2) is 42.2 Å². The number of hydrogen-bond acceptors (Lipinski definition) is 3. The zero-order valence-electron chi connectivity index (χ0n) is 12.1. The predicted molar refractivity (Wildman–Crippen MR) is 79.5 cm³/mol. The molecule has 1 aromatic carbocycles. The molecular weight excluding hydrogens is 252 g/mol. The molecule has 4 heteroatoms. The Morgan fingerprint density at radius 1 is 1.45 bits per heavy atom. The number of hydrogen-bond donors (Lipinski definition) is 2. The highest BCUT2D eigenvalue weighted by Crippen LogP contribution is 2.22. The van der Waals surface area contributed by atoms with Crippen molar-refractivity contribution in [2.24, 2.45) is 5.92 Å². The monoisotopic (exact) mass is 276 g/mol. The van der Waals surface area contributed by atoms with Gasteiger partial charge in [0.1, 0.15) is 6.04 Å². The van der Waals surface area contributed by atoms with Gasteiger partial charge in [-0.2, -0.15) is 0 Å². The van der Waals surface area contributed by atoms with Gasteiger partial charge in [0.25, 0.3) is 0 Å². The summed E-state index contributed by atoms with van der Waals surface area (Å²) in [4.78, 5) is 13.5. The number of rotatable bonds is 6. The summed E-state index contributed by atoms with van der Waals surface area (Å²) in [7, 11) is 1.73. The summed E-state index contributed by atoms with van der Waals surface area (Å²) >= 11 is 0. The zero-order chi connectivity index (χ0) is 14.4. The van der Waals surface area contributed by atoms with Gasteiger partial charge in [0.05, 0.1) is 0 Å². The number of carboxylic acid groups (broad SMARTS) is 1. The van der Waals surface area contributed by atoms with Crippen LogP contribution in [0.4, 0.5) is 0 Å². The van der Waals surface area contributed by atoms with Gasteiger partial charge in [-0.3, -0.25) is 9.69 Å². The minimum Gasteiger partial charge on any atom is -0.480 e. The molecule has 1 heterocycles. The molecule has 1 aromatic rings. The Labute approximate surface area is 120 Å². The minimum atomic E-state index is -0.743. The summed E-state index contributed by atoms with van der Waals surface area (Å²) < 4.78 is 0. The Balaban J connectivity index is 1.87. The van der Waals surface area contributed by atoms with Crippen LogP contribution in [0.3, 0.4) is 0 Å². The molecule has 2 N–H and O–H groups in total. The second-order valence-electron chi connectivity index (χ2n) is 5.64. The van der Waals surface area contributed by atoms with E-state index in [9.17, 15) is 4.79 Å². The van der Waals surface area contributed by atoms with E-state index in [1.54, 1.807) is 7.05 Å². The first-order valence-electron chi connectivity index (χ1n) is 7.35. The first-order valence-corrected chi connectivity index (χ1v) is 7.35. The van der Waals surface area contributed by atoms with E-state index in [4.69, 9.17) is 5.11 Å². The lowest BCUT2D eigenvalue weighted by Crippen LogP contribution is -2.41. The average Bonchev–Trinajstić information content (AvgIpc) is 2.46. The van der Waals surface area contributed by atoms with Gasteiger partial charge in [0, 0.05) is 13.1 Å². The van der Waals surface area contributed by atoms with E-state index in [2.05, 4.69) is 34.5 Å². The lowest BCUT2D eigenvalue weighted by Gasteiger charge is -2.33. The molecule has 2 unspecified atom stereocenters. The number of carbonyl (C=O) groups is 1. The molecule has 0 spiro atoms. The van der Waals surface area contributed by atoms with E-state index in [0.717, 1.165) is 38.9 Å². The fourth-order valence-electron chi connectivity index (χ4n) is 3.00. The Morgan fingerprint density at radius 2 is 2.20 bits per heavy atom. The van der Waals surface area contributed by atoms with Crippen molar-refractivity contribution in [3.8, 4) is 0 Å². The normalized spacial score (nSPS) is 21.6. The van der Waals surface area contributed by atoms with E-state index >= 15 is 0 Å². The predicted octanol–water partition coefficient (Wildman–Crippen LogP) is 1.96. The molecule has 0 bridgehead atoms. The third-order valence-electron chi connectivity index (χ3n) is 4.07. The molecule has 20 heavy (non-hydrogen) atoms. The average molecular weight is 276 g/mol. The molecule has 1 aliphatic rings. The number of benzene rings is 1. The smallest absolute Gasteiger partial charge is 0.320 e. The molecule has 1 aliphatic heterocycles. The summed E-state index contributed by atoms with van der Waals surface area (Å²) in [5.41, 5.74) is 1.33. The van der Waals surface area contributed by atoms with Crippen molar-refractivity contribution in [3.05, 3.63) is 35.9 Å². The summed E-state index contributed by atoms with van der Waals surface area (Å²) in [5, 5.41) is 12.0. The summed E-state index contributed by atoms with van der Waals surface area (Å²) in [5.74, 6) is -0.270. The van der Waals surface area contributed by atoms with E-state index < -0.39 is 12.0 Å². The molecule has 0 amide bonds. The van der Waals surface area contributed by atoms with E-state index in [0.29, 0.717) is 5.92 Å². The van der Waals surface area contributed by atoms with Gasteiger partial charge in [0.2, 0.25) is 0 Å². The van der Waals surface area contributed by atoms with Crippen LogP contribution in [0.2, 0.25) is 0 Å². The van der Waals surface area contributed by atoms with Crippen molar-refractivity contribution in [3.63, 3.8) is 0 Å². The highest BCUT2D eigenvalue weighted by atomic mass is 16.4. The number of carboxylic acids is 1. The van der Waals surface area contributed by atoms with Gasteiger partial charge in [-0.25, -0.2) is 0 Å². The summed E-state index contributed by atoms with van der Waals surface area (Å²) in [6.45, 7) is 3.08. The standard InChI is InChI=1S/C16H24N2O2/c1-17-15(16(19)20)10-14-8-5-9-18(12-14)11-13-6-3-2-4-7-13/h2-4,6-7,14-15,17H,5,8-12H2,1H3,(H,19,20). The third-order valence-corrected chi connectivity index (χ3v) is 4.07. The zero-order valence-corrected chi connectivity index (χ0v) is 12.1. The van der Waals surface area contributed by atoms with Crippen molar-refractivity contribution in [1.29, 1.82) is 0 Å². The highest BCUT2D eigenvalue weighted by Gasteiger charge is 2.25. The fraction of sp³-hybridized carbons (Fsp3) is 0.562. The lowest BCUT2D eigenvalue weighted by atomic mass is 9.91. The molecule has 1 saturated heterocycles. The molecule has 110 valence electrons. The van der Waals surface area contributed by atoms with Crippen LogP contribution in [0, 0.1) is 5.92 Å². The third kappa shape index (κ3) is 4.32. The number of piperidine rings is 1. The number of nitrogens with zero attached hydrogens (tertiary/aromatic N) is 1. The summed E-state index contributed by atoms with van der Waals surface area (Å²) in [6, 6.07) is 10.1.